The average Bonchev–Trinajstić information content (AvgIpc) is 3.46. The number of Topliss-reactive ketones (excluding diaryl/α,β-unsaturated/α-hetero) is 1. The number of carbonyl (C=O) groups is 2. The molecule has 3 rings (SSSR count). The molecule has 3 unspecified atom stereocenters. The Morgan fingerprint density at radius 3 is 2.29 bits per heavy atom. The highest BCUT2D eigenvalue weighted by molar-refractivity contribution is 5.97. The molecule has 148 valence electrons. The number of epoxide rings is 1. The van der Waals surface area contributed by atoms with Crippen LogP contribution in [0.15, 0.2) is 54.6 Å². The van der Waals surface area contributed by atoms with Gasteiger partial charge in [0.2, 0.25) is 5.91 Å². The molecule has 1 heterocycles. The first-order valence-electron chi connectivity index (χ1n) is 9.32. The van der Waals surface area contributed by atoms with E-state index >= 15 is 0 Å². The molecule has 0 saturated carbocycles. The number of nitrogens with two attached hydrogens (primary N) is 1. The minimum atomic E-state index is -0.813. The zero-order valence-electron chi connectivity index (χ0n) is 16.2. The SMILES string of the molecule is COc1ccc(CC(N)C(=O)NC(Cc2ccccc2)C(=O)C2(C)CO2)cc1. The molecule has 0 bridgehead atoms. The second-order valence-electron chi connectivity index (χ2n) is 7.29. The van der Waals surface area contributed by atoms with Crippen LogP contribution in [0.25, 0.3) is 0 Å². The van der Waals surface area contributed by atoms with Crippen molar-refractivity contribution in [3.8, 4) is 5.75 Å². The summed E-state index contributed by atoms with van der Waals surface area (Å²) in [5.74, 6) is 0.267. The molecule has 1 saturated heterocycles. The molecule has 0 spiro atoms. The van der Waals surface area contributed by atoms with Gasteiger partial charge in [-0.25, -0.2) is 0 Å². The van der Waals surface area contributed by atoms with Gasteiger partial charge >= 0.3 is 0 Å². The van der Waals surface area contributed by atoms with Gasteiger partial charge in [0.1, 0.15) is 11.4 Å². The lowest BCUT2D eigenvalue weighted by atomic mass is 9.94. The van der Waals surface area contributed by atoms with Crippen LogP contribution in [0.2, 0.25) is 0 Å². The van der Waals surface area contributed by atoms with Crippen molar-refractivity contribution in [1.29, 1.82) is 0 Å². The number of nitrogens with one attached hydrogen (secondary N) is 1. The Morgan fingerprint density at radius 1 is 1.11 bits per heavy atom. The number of ether oxygens (including phenoxy) is 2. The number of hydrogen-bond donors (Lipinski definition) is 2. The van der Waals surface area contributed by atoms with E-state index in [0.717, 1.165) is 16.9 Å². The first-order chi connectivity index (χ1) is 13.4. The molecule has 28 heavy (non-hydrogen) atoms. The minimum absolute atomic E-state index is 0.124. The van der Waals surface area contributed by atoms with Crippen LogP contribution < -0.4 is 15.8 Å². The fourth-order valence-corrected chi connectivity index (χ4v) is 3.07. The molecule has 0 aliphatic carbocycles. The number of rotatable bonds is 9. The van der Waals surface area contributed by atoms with E-state index in [0.29, 0.717) is 19.4 Å². The third kappa shape index (κ3) is 4.97. The zero-order chi connectivity index (χ0) is 20.1. The lowest BCUT2D eigenvalue weighted by Crippen LogP contribution is -2.52. The van der Waals surface area contributed by atoms with Gasteiger partial charge in [-0.15, -0.1) is 0 Å². The van der Waals surface area contributed by atoms with Gasteiger partial charge in [0.25, 0.3) is 0 Å². The van der Waals surface area contributed by atoms with Crippen LogP contribution in [0.5, 0.6) is 5.75 Å². The van der Waals surface area contributed by atoms with Crippen LogP contribution in [-0.2, 0) is 27.2 Å². The Balaban J connectivity index is 1.66. The Kier molecular flexibility index (Phi) is 6.11. The molecule has 1 fully saturated rings. The van der Waals surface area contributed by atoms with Gasteiger partial charge in [-0.2, -0.15) is 0 Å². The predicted molar refractivity (Wildman–Crippen MR) is 106 cm³/mol. The fourth-order valence-electron chi connectivity index (χ4n) is 3.07. The number of hydrogen-bond acceptors (Lipinski definition) is 5. The molecule has 1 aliphatic heterocycles. The normalized spacial score (nSPS) is 20.1. The Labute approximate surface area is 165 Å². The molecule has 6 heteroatoms. The van der Waals surface area contributed by atoms with Crippen LogP contribution in [0, 0.1) is 0 Å². The summed E-state index contributed by atoms with van der Waals surface area (Å²) in [5, 5.41) is 2.84. The average molecular weight is 382 g/mol. The van der Waals surface area contributed by atoms with Crippen molar-refractivity contribution in [2.75, 3.05) is 13.7 Å². The summed E-state index contributed by atoms with van der Waals surface area (Å²) >= 11 is 0. The third-order valence-corrected chi connectivity index (χ3v) is 4.97. The van der Waals surface area contributed by atoms with Crippen LogP contribution in [-0.4, -0.2) is 43.1 Å². The Hall–Kier alpha value is -2.70. The van der Waals surface area contributed by atoms with Crippen molar-refractivity contribution in [1.82, 2.24) is 5.32 Å². The van der Waals surface area contributed by atoms with Crippen molar-refractivity contribution >= 4 is 11.7 Å². The number of ketones is 1. The van der Waals surface area contributed by atoms with Crippen LogP contribution in [0.4, 0.5) is 0 Å². The first-order valence-corrected chi connectivity index (χ1v) is 9.32. The molecule has 0 aromatic heterocycles. The van der Waals surface area contributed by atoms with Crippen LogP contribution in [0.1, 0.15) is 18.1 Å². The molecule has 3 N–H and O–H groups in total. The molecular weight excluding hydrogens is 356 g/mol. The fraction of sp³-hybridized carbons (Fsp3) is 0.364. The van der Waals surface area contributed by atoms with E-state index in [1.807, 2.05) is 54.6 Å². The van der Waals surface area contributed by atoms with E-state index in [1.54, 1.807) is 14.0 Å². The largest absolute Gasteiger partial charge is 0.497 e. The maximum absolute atomic E-state index is 12.8. The highest BCUT2D eigenvalue weighted by Crippen LogP contribution is 2.29. The maximum Gasteiger partial charge on any atom is 0.237 e. The van der Waals surface area contributed by atoms with Gasteiger partial charge in [-0.1, -0.05) is 42.5 Å². The van der Waals surface area contributed by atoms with Crippen molar-refractivity contribution in [2.24, 2.45) is 5.73 Å². The van der Waals surface area contributed by atoms with E-state index in [4.69, 9.17) is 15.2 Å². The molecule has 0 radical (unpaired) electrons. The Morgan fingerprint density at radius 2 is 1.71 bits per heavy atom. The molecule has 1 amide bonds. The van der Waals surface area contributed by atoms with E-state index in [2.05, 4.69) is 5.32 Å². The third-order valence-electron chi connectivity index (χ3n) is 4.97. The topological polar surface area (TPSA) is 93.9 Å². The van der Waals surface area contributed by atoms with Gasteiger partial charge < -0.3 is 20.5 Å². The van der Waals surface area contributed by atoms with Gasteiger partial charge in [0, 0.05) is 0 Å². The highest BCUT2D eigenvalue weighted by atomic mass is 16.6. The first kappa shape index (κ1) is 20.0. The number of carbonyl (C=O) groups excluding carboxylic acids is 2. The summed E-state index contributed by atoms with van der Waals surface area (Å²) in [6.45, 7) is 2.13. The number of amides is 1. The van der Waals surface area contributed by atoms with Gasteiger partial charge in [0.05, 0.1) is 25.8 Å². The van der Waals surface area contributed by atoms with Crippen molar-refractivity contribution in [2.45, 2.75) is 37.5 Å². The summed E-state index contributed by atoms with van der Waals surface area (Å²) in [6, 6.07) is 15.5. The van der Waals surface area contributed by atoms with E-state index in [-0.39, 0.29) is 11.7 Å². The van der Waals surface area contributed by atoms with Crippen molar-refractivity contribution < 1.29 is 19.1 Å². The molecular formula is C22H26N2O4. The summed E-state index contributed by atoms with van der Waals surface area (Å²) in [7, 11) is 1.60. The van der Waals surface area contributed by atoms with Gasteiger partial charge in [0.15, 0.2) is 5.78 Å². The zero-order valence-corrected chi connectivity index (χ0v) is 16.2. The number of benzene rings is 2. The Bertz CT molecular complexity index is 816. The van der Waals surface area contributed by atoms with Crippen LogP contribution >= 0.6 is 0 Å². The number of methoxy groups -OCH3 is 1. The maximum atomic E-state index is 12.8. The van der Waals surface area contributed by atoms with Crippen LogP contribution in [0.3, 0.4) is 0 Å². The van der Waals surface area contributed by atoms with Crippen molar-refractivity contribution in [3.63, 3.8) is 0 Å². The highest BCUT2D eigenvalue weighted by Gasteiger charge is 2.50. The van der Waals surface area contributed by atoms with E-state index < -0.39 is 17.7 Å². The minimum Gasteiger partial charge on any atom is -0.497 e. The summed E-state index contributed by atoms with van der Waals surface area (Å²) in [5.41, 5.74) is 7.18. The monoisotopic (exact) mass is 382 g/mol. The molecule has 2 aromatic rings. The quantitative estimate of drug-likeness (QED) is 0.643. The predicted octanol–water partition coefficient (Wildman–Crippen LogP) is 1.65. The van der Waals surface area contributed by atoms with Crippen molar-refractivity contribution in [3.05, 3.63) is 65.7 Å². The van der Waals surface area contributed by atoms with E-state index in [9.17, 15) is 9.59 Å². The van der Waals surface area contributed by atoms with E-state index in [1.165, 1.54) is 0 Å². The molecule has 1 aliphatic rings. The second-order valence-corrected chi connectivity index (χ2v) is 7.29. The van der Waals surface area contributed by atoms with Gasteiger partial charge in [-0.05, 0) is 43.0 Å². The summed E-state index contributed by atoms with van der Waals surface area (Å²) in [4.78, 5) is 25.5. The lowest BCUT2D eigenvalue weighted by molar-refractivity contribution is -0.131. The molecule has 6 nitrogen and oxygen atoms in total. The van der Waals surface area contributed by atoms with Gasteiger partial charge in [-0.3, -0.25) is 9.59 Å². The lowest BCUT2D eigenvalue weighted by Gasteiger charge is -2.22. The second kappa shape index (κ2) is 8.54. The summed E-state index contributed by atoms with van der Waals surface area (Å²) in [6.07, 6.45) is 0.773. The summed E-state index contributed by atoms with van der Waals surface area (Å²) < 4.78 is 10.4. The smallest absolute Gasteiger partial charge is 0.237 e. The molecule has 2 aromatic carbocycles. The standard InChI is InChI=1S/C22H26N2O4/c1-22(14-28-22)20(25)19(13-15-6-4-3-5-7-15)24-21(26)18(23)12-16-8-10-17(27-2)11-9-16/h3-11,18-19H,12-14,23H2,1-2H3,(H,24,26). The molecule has 3 atom stereocenters.